The lowest BCUT2D eigenvalue weighted by molar-refractivity contribution is -0.917. The molecule has 0 spiro atoms. The molecular weight excluding hydrogens is 458 g/mol. The van der Waals surface area contributed by atoms with E-state index in [-0.39, 0.29) is 18.6 Å². The SMILES string of the molecule is CCCCCCCCCCCCCc1ccc(OCCOC(=O)C(C)[N+](C)(C)Cc2ccccc2)cc1. The molecule has 0 aliphatic carbocycles. The van der Waals surface area contributed by atoms with Crippen LogP contribution in [0, 0.1) is 0 Å². The molecule has 4 nitrogen and oxygen atoms in total. The lowest BCUT2D eigenvalue weighted by atomic mass is 10.0. The molecule has 37 heavy (non-hydrogen) atoms. The molecule has 0 saturated heterocycles. The molecule has 0 aromatic heterocycles. The van der Waals surface area contributed by atoms with Gasteiger partial charge in [0.15, 0.2) is 6.04 Å². The fourth-order valence-electron chi connectivity index (χ4n) is 4.64. The van der Waals surface area contributed by atoms with Gasteiger partial charge in [-0.15, -0.1) is 0 Å². The van der Waals surface area contributed by atoms with Crippen molar-refractivity contribution >= 4 is 5.97 Å². The van der Waals surface area contributed by atoms with Crippen molar-refractivity contribution < 1.29 is 18.8 Å². The molecule has 1 unspecified atom stereocenters. The van der Waals surface area contributed by atoms with Crippen molar-refractivity contribution in [3.63, 3.8) is 0 Å². The topological polar surface area (TPSA) is 35.5 Å². The molecule has 1 atom stereocenters. The van der Waals surface area contributed by atoms with Crippen LogP contribution in [0.3, 0.4) is 0 Å². The second kappa shape index (κ2) is 18.0. The molecular formula is C33H52NO3+. The Balaban J connectivity index is 1.54. The molecule has 2 aromatic rings. The molecule has 0 radical (unpaired) electrons. The highest BCUT2D eigenvalue weighted by molar-refractivity contribution is 5.74. The summed E-state index contributed by atoms with van der Waals surface area (Å²) in [6.07, 6.45) is 16.2. The maximum Gasteiger partial charge on any atom is 0.364 e. The molecule has 0 N–H and O–H groups in total. The number of benzene rings is 2. The van der Waals surface area contributed by atoms with Gasteiger partial charge in [-0.3, -0.25) is 0 Å². The normalized spacial score (nSPS) is 12.3. The van der Waals surface area contributed by atoms with Crippen LogP contribution in [0.2, 0.25) is 0 Å². The number of hydrogen-bond donors (Lipinski definition) is 0. The largest absolute Gasteiger partial charge is 0.490 e. The number of carbonyl (C=O) groups is 1. The summed E-state index contributed by atoms with van der Waals surface area (Å²) in [7, 11) is 4.13. The molecule has 0 aliphatic heterocycles. The first-order valence-electron chi connectivity index (χ1n) is 14.7. The number of carbonyl (C=O) groups excluding carboxylic acids is 1. The summed E-state index contributed by atoms with van der Waals surface area (Å²) in [6, 6.07) is 18.4. The van der Waals surface area contributed by atoms with Gasteiger partial charge >= 0.3 is 5.97 Å². The summed E-state index contributed by atoms with van der Waals surface area (Å²) < 4.78 is 11.9. The molecule has 2 rings (SSSR count). The quantitative estimate of drug-likeness (QED) is 0.102. The zero-order valence-electron chi connectivity index (χ0n) is 24.1. The molecule has 206 valence electrons. The van der Waals surface area contributed by atoms with Crippen LogP contribution in [0.1, 0.15) is 95.6 Å². The Labute approximate surface area is 227 Å². The average Bonchev–Trinajstić information content (AvgIpc) is 2.90. The Hall–Kier alpha value is -2.33. The third-order valence-corrected chi connectivity index (χ3v) is 7.41. The Kier molecular flexibility index (Phi) is 15.0. The number of quaternary nitrogens is 1. The Morgan fingerprint density at radius 2 is 1.30 bits per heavy atom. The molecule has 0 bridgehead atoms. The molecule has 0 heterocycles. The minimum atomic E-state index is -0.255. The fraction of sp³-hybridized carbons (Fsp3) is 0.606. The molecule has 4 heteroatoms. The van der Waals surface area contributed by atoms with Crippen molar-refractivity contribution in [1.29, 1.82) is 0 Å². The second-order valence-corrected chi connectivity index (χ2v) is 11.0. The van der Waals surface area contributed by atoms with Gasteiger partial charge in [-0.25, -0.2) is 4.79 Å². The van der Waals surface area contributed by atoms with Crippen molar-refractivity contribution in [2.45, 2.75) is 103 Å². The third kappa shape index (κ3) is 13.2. The van der Waals surface area contributed by atoms with Crippen molar-refractivity contribution in [2.24, 2.45) is 0 Å². The van der Waals surface area contributed by atoms with E-state index >= 15 is 0 Å². The highest BCUT2D eigenvalue weighted by atomic mass is 16.6. The van der Waals surface area contributed by atoms with Crippen LogP contribution in [-0.4, -0.2) is 43.8 Å². The highest BCUT2D eigenvalue weighted by Crippen LogP contribution is 2.17. The summed E-state index contributed by atoms with van der Waals surface area (Å²) in [6.45, 7) is 5.61. The zero-order chi connectivity index (χ0) is 26.8. The highest BCUT2D eigenvalue weighted by Gasteiger charge is 2.32. The van der Waals surface area contributed by atoms with Crippen LogP contribution >= 0.6 is 0 Å². The predicted octanol–water partition coefficient (Wildman–Crippen LogP) is 8.13. The zero-order valence-corrected chi connectivity index (χ0v) is 24.1. The van der Waals surface area contributed by atoms with Crippen LogP contribution in [-0.2, 0) is 22.5 Å². The van der Waals surface area contributed by atoms with Crippen molar-refractivity contribution in [3.05, 3.63) is 65.7 Å². The molecule has 0 amide bonds. The minimum Gasteiger partial charge on any atom is -0.490 e. The monoisotopic (exact) mass is 510 g/mol. The van der Waals surface area contributed by atoms with Crippen LogP contribution in [0.5, 0.6) is 5.75 Å². The van der Waals surface area contributed by atoms with Gasteiger partial charge in [0.1, 0.15) is 25.5 Å². The van der Waals surface area contributed by atoms with Crippen LogP contribution in [0.25, 0.3) is 0 Å². The summed E-state index contributed by atoms with van der Waals surface area (Å²) >= 11 is 0. The molecule has 0 saturated carbocycles. The number of ether oxygens (including phenoxy) is 2. The standard InChI is InChI=1S/C33H52NO3/c1-5-6-7-8-9-10-11-12-13-14-16-19-30-22-24-32(25-23-30)36-26-27-37-33(35)29(2)34(3,4)28-31-20-17-15-18-21-31/h15,17-18,20-25,29H,5-14,16,19,26-28H2,1-4H3/q+1. The van der Waals surface area contributed by atoms with Crippen molar-refractivity contribution in [3.8, 4) is 5.75 Å². The smallest absolute Gasteiger partial charge is 0.364 e. The number of hydrogen-bond acceptors (Lipinski definition) is 3. The fourth-order valence-corrected chi connectivity index (χ4v) is 4.64. The van der Waals surface area contributed by atoms with Gasteiger partial charge in [-0.05, 0) is 37.5 Å². The Morgan fingerprint density at radius 3 is 1.89 bits per heavy atom. The van der Waals surface area contributed by atoms with Gasteiger partial charge < -0.3 is 14.0 Å². The number of likely N-dealkylation sites (N-methyl/N-ethyl adjacent to an activating group) is 1. The number of rotatable bonds is 20. The first-order chi connectivity index (χ1) is 17.9. The maximum absolute atomic E-state index is 12.6. The van der Waals surface area contributed by atoms with Crippen LogP contribution in [0.4, 0.5) is 0 Å². The van der Waals surface area contributed by atoms with Gasteiger partial charge in [0, 0.05) is 5.56 Å². The predicted molar refractivity (Wildman–Crippen MR) is 155 cm³/mol. The van der Waals surface area contributed by atoms with E-state index in [1.54, 1.807) is 0 Å². The lowest BCUT2D eigenvalue weighted by Gasteiger charge is -2.34. The first-order valence-corrected chi connectivity index (χ1v) is 14.7. The van der Waals surface area contributed by atoms with Gasteiger partial charge in [0.25, 0.3) is 0 Å². The summed E-state index contributed by atoms with van der Waals surface area (Å²) in [5, 5.41) is 0. The van der Waals surface area contributed by atoms with E-state index in [0.29, 0.717) is 11.1 Å². The van der Waals surface area contributed by atoms with Gasteiger partial charge in [-0.1, -0.05) is 114 Å². The van der Waals surface area contributed by atoms with E-state index in [1.807, 2.05) is 37.3 Å². The second-order valence-electron chi connectivity index (χ2n) is 11.0. The summed E-state index contributed by atoms with van der Waals surface area (Å²) in [4.78, 5) is 12.6. The molecule has 0 fully saturated rings. The average molecular weight is 511 g/mol. The van der Waals surface area contributed by atoms with Crippen LogP contribution < -0.4 is 4.74 Å². The number of esters is 1. The van der Waals surface area contributed by atoms with E-state index in [9.17, 15) is 4.79 Å². The number of unbranched alkanes of at least 4 members (excludes halogenated alkanes) is 10. The Morgan fingerprint density at radius 1 is 0.730 bits per heavy atom. The van der Waals surface area contributed by atoms with Gasteiger partial charge in [-0.2, -0.15) is 0 Å². The maximum atomic E-state index is 12.6. The lowest BCUT2D eigenvalue weighted by Crippen LogP contribution is -2.51. The summed E-state index contributed by atoms with van der Waals surface area (Å²) in [5.74, 6) is 0.638. The van der Waals surface area contributed by atoms with E-state index < -0.39 is 0 Å². The van der Waals surface area contributed by atoms with Crippen molar-refractivity contribution in [2.75, 3.05) is 27.3 Å². The van der Waals surface area contributed by atoms with Gasteiger partial charge in [0.05, 0.1) is 14.1 Å². The van der Waals surface area contributed by atoms with Crippen molar-refractivity contribution in [1.82, 2.24) is 0 Å². The van der Waals surface area contributed by atoms with E-state index in [2.05, 4.69) is 45.3 Å². The molecule has 2 aromatic carbocycles. The molecule has 0 aliphatic rings. The first kappa shape index (κ1) is 30.9. The van der Waals surface area contributed by atoms with E-state index in [4.69, 9.17) is 9.47 Å². The van der Waals surface area contributed by atoms with E-state index in [1.165, 1.54) is 81.8 Å². The minimum absolute atomic E-state index is 0.188. The van der Waals surface area contributed by atoms with Crippen LogP contribution in [0.15, 0.2) is 54.6 Å². The summed E-state index contributed by atoms with van der Waals surface area (Å²) in [5.41, 5.74) is 2.57. The van der Waals surface area contributed by atoms with Gasteiger partial charge in [0.2, 0.25) is 0 Å². The Bertz CT molecular complexity index is 848. The van der Waals surface area contributed by atoms with E-state index in [0.717, 1.165) is 18.7 Å². The number of nitrogens with zero attached hydrogens (tertiary/aromatic N) is 1. The third-order valence-electron chi connectivity index (χ3n) is 7.41. The number of aryl methyl sites for hydroxylation is 1.